The minimum absolute atomic E-state index is 0.136. The molecule has 0 spiro atoms. The van der Waals surface area contributed by atoms with Gasteiger partial charge in [0.25, 0.3) is 0 Å². The van der Waals surface area contributed by atoms with Crippen LogP contribution in [0.25, 0.3) is 0 Å². The van der Waals surface area contributed by atoms with E-state index in [0.29, 0.717) is 19.0 Å². The molecule has 0 unspecified atom stereocenters. The topological polar surface area (TPSA) is 68.3 Å². The van der Waals surface area contributed by atoms with E-state index in [9.17, 15) is 8.42 Å². The van der Waals surface area contributed by atoms with Gasteiger partial charge in [0.05, 0.1) is 24.2 Å². The molecule has 1 aromatic heterocycles. The maximum atomic E-state index is 11.3. The number of rotatable bonds is 7. The zero-order chi connectivity index (χ0) is 12.7. The number of aromatic nitrogens is 1. The Morgan fingerprint density at radius 2 is 2.12 bits per heavy atom. The number of ether oxygens (including phenoxy) is 1. The van der Waals surface area contributed by atoms with E-state index >= 15 is 0 Å². The van der Waals surface area contributed by atoms with Gasteiger partial charge in [0, 0.05) is 18.4 Å². The number of nitrogens with zero attached hydrogens (tertiary/aromatic N) is 1. The normalized spacial score (nSPS) is 11.2. The van der Waals surface area contributed by atoms with E-state index in [2.05, 4.69) is 10.3 Å². The van der Waals surface area contributed by atoms with Crippen LogP contribution in [0.3, 0.4) is 0 Å². The second kappa shape index (κ2) is 6.44. The Morgan fingerprint density at radius 1 is 1.35 bits per heavy atom. The highest BCUT2D eigenvalue weighted by molar-refractivity contribution is 7.91. The summed E-state index contributed by atoms with van der Waals surface area (Å²) in [5, 5.41) is 3.01. The summed E-state index contributed by atoms with van der Waals surface area (Å²) >= 11 is 0. The molecule has 0 fully saturated rings. The molecule has 1 rings (SSSR count). The van der Waals surface area contributed by atoms with Crippen LogP contribution >= 0.6 is 0 Å². The van der Waals surface area contributed by atoms with Crippen molar-refractivity contribution in [1.29, 1.82) is 0 Å². The molecule has 0 aliphatic rings. The molecule has 96 valence electrons. The SMILES string of the molecule is CCOc1ccc(NCCS(=O)(=O)CC)cn1. The van der Waals surface area contributed by atoms with E-state index in [4.69, 9.17) is 4.74 Å². The Hall–Kier alpha value is -1.30. The van der Waals surface area contributed by atoms with Gasteiger partial charge in [-0.2, -0.15) is 0 Å². The zero-order valence-electron chi connectivity index (χ0n) is 10.1. The summed E-state index contributed by atoms with van der Waals surface area (Å²) in [5.41, 5.74) is 0.791. The molecular weight excluding hydrogens is 240 g/mol. The second-order valence-corrected chi connectivity index (χ2v) is 5.95. The lowest BCUT2D eigenvalue weighted by molar-refractivity contribution is 0.327. The van der Waals surface area contributed by atoms with Crippen molar-refractivity contribution in [1.82, 2.24) is 4.98 Å². The Balaban J connectivity index is 2.42. The first-order valence-corrected chi connectivity index (χ1v) is 7.42. The molecule has 0 bridgehead atoms. The fourth-order valence-electron chi connectivity index (χ4n) is 1.21. The van der Waals surface area contributed by atoms with Crippen LogP contribution in [-0.4, -0.2) is 38.1 Å². The Labute approximate surface area is 102 Å². The molecule has 1 heterocycles. The van der Waals surface area contributed by atoms with Gasteiger partial charge in [0.15, 0.2) is 9.84 Å². The molecule has 0 atom stereocenters. The van der Waals surface area contributed by atoms with Crippen LogP contribution in [0.5, 0.6) is 5.88 Å². The first kappa shape index (κ1) is 13.8. The molecule has 0 radical (unpaired) electrons. The predicted molar refractivity (Wildman–Crippen MR) is 68.2 cm³/mol. The maximum Gasteiger partial charge on any atom is 0.213 e. The van der Waals surface area contributed by atoms with Crippen molar-refractivity contribution in [2.24, 2.45) is 0 Å². The third kappa shape index (κ3) is 5.04. The summed E-state index contributed by atoms with van der Waals surface area (Å²) in [4.78, 5) is 4.07. The number of hydrogen-bond acceptors (Lipinski definition) is 5. The maximum absolute atomic E-state index is 11.3. The highest BCUT2D eigenvalue weighted by Crippen LogP contribution is 2.11. The number of anilines is 1. The van der Waals surface area contributed by atoms with Crippen molar-refractivity contribution in [3.8, 4) is 5.88 Å². The predicted octanol–water partition coefficient (Wildman–Crippen LogP) is 1.33. The molecule has 1 aromatic rings. The van der Waals surface area contributed by atoms with Crippen molar-refractivity contribution < 1.29 is 13.2 Å². The van der Waals surface area contributed by atoms with Gasteiger partial charge in [-0.05, 0) is 13.0 Å². The number of sulfone groups is 1. The first-order valence-electron chi connectivity index (χ1n) is 5.60. The largest absolute Gasteiger partial charge is 0.478 e. The second-order valence-electron chi connectivity index (χ2n) is 3.48. The highest BCUT2D eigenvalue weighted by atomic mass is 32.2. The molecule has 1 N–H and O–H groups in total. The quantitative estimate of drug-likeness (QED) is 0.799. The van der Waals surface area contributed by atoms with Crippen LogP contribution in [0.2, 0.25) is 0 Å². The number of nitrogens with one attached hydrogen (secondary N) is 1. The van der Waals surface area contributed by atoms with Gasteiger partial charge in [-0.15, -0.1) is 0 Å². The summed E-state index contributed by atoms with van der Waals surface area (Å²) in [5.74, 6) is 0.881. The van der Waals surface area contributed by atoms with E-state index < -0.39 is 9.84 Å². The molecule has 0 amide bonds. The van der Waals surface area contributed by atoms with E-state index in [1.165, 1.54) is 0 Å². The minimum atomic E-state index is -2.91. The Bertz CT molecular complexity index is 429. The average Bonchev–Trinajstić information content (AvgIpc) is 2.32. The van der Waals surface area contributed by atoms with Gasteiger partial charge < -0.3 is 10.1 Å². The summed E-state index contributed by atoms with van der Waals surface area (Å²) in [6, 6.07) is 3.57. The summed E-state index contributed by atoms with van der Waals surface area (Å²) in [6.45, 7) is 4.51. The monoisotopic (exact) mass is 258 g/mol. The van der Waals surface area contributed by atoms with E-state index in [0.717, 1.165) is 5.69 Å². The van der Waals surface area contributed by atoms with Gasteiger partial charge in [-0.25, -0.2) is 13.4 Å². The Morgan fingerprint density at radius 3 is 2.65 bits per heavy atom. The fourth-order valence-corrected chi connectivity index (χ4v) is 1.92. The summed E-state index contributed by atoms with van der Waals surface area (Å²) in [7, 11) is -2.91. The first-order chi connectivity index (χ1) is 8.07. The van der Waals surface area contributed by atoms with Crippen LogP contribution in [-0.2, 0) is 9.84 Å². The number of pyridine rings is 1. The molecule has 5 nitrogen and oxygen atoms in total. The molecule has 0 aliphatic heterocycles. The van der Waals surface area contributed by atoms with Gasteiger partial charge in [0.1, 0.15) is 0 Å². The summed E-state index contributed by atoms with van der Waals surface area (Å²) < 4.78 is 27.7. The standard InChI is InChI=1S/C11H18N2O3S/c1-3-16-11-6-5-10(9-13-11)12-7-8-17(14,15)4-2/h5-6,9,12H,3-4,7-8H2,1-2H3. The third-order valence-electron chi connectivity index (χ3n) is 2.21. The number of hydrogen-bond donors (Lipinski definition) is 1. The van der Waals surface area contributed by atoms with Crippen LogP contribution < -0.4 is 10.1 Å². The Kier molecular flexibility index (Phi) is 5.21. The lowest BCUT2D eigenvalue weighted by Gasteiger charge is -2.07. The lowest BCUT2D eigenvalue weighted by atomic mass is 10.4. The molecule has 0 aromatic carbocycles. The van der Waals surface area contributed by atoms with Crippen LogP contribution in [0, 0.1) is 0 Å². The van der Waals surface area contributed by atoms with Gasteiger partial charge in [-0.1, -0.05) is 6.92 Å². The smallest absolute Gasteiger partial charge is 0.213 e. The summed E-state index contributed by atoms with van der Waals surface area (Å²) in [6.07, 6.45) is 1.63. The molecule has 0 aliphatic carbocycles. The van der Waals surface area contributed by atoms with Crippen molar-refractivity contribution in [3.05, 3.63) is 18.3 Å². The third-order valence-corrected chi connectivity index (χ3v) is 3.92. The molecular formula is C11H18N2O3S. The molecule has 6 heteroatoms. The van der Waals surface area contributed by atoms with Crippen molar-refractivity contribution in [3.63, 3.8) is 0 Å². The van der Waals surface area contributed by atoms with Gasteiger partial charge in [0.2, 0.25) is 5.88 Å². The molecule has 0 saturated carbocycles. The van der Waals surface area contributed by atoms with Gasteiger partial charge in [-0.3, -0.25) is 0 Å². The zero-order valence-corrected chi connectivity index (χ0v) is 11.0. The van der Waals surface area contributed by atoms with Crippen LogP contribution in [0.1, 0.15) is 13.8 Å². The fraction of sp³-hybridized carbons (Fsp3) is 0.545. The molecule has 17 heavy (non-hydrogen) atoms. The average molecular weight is 258 g/mol. The van der Waals surface area contributed by atoms with Crippen LogP contribution in [0.15, 0.2) is 18.3 Å². The van der Waals surface area contributed by atoms with E-state index in [1.807, 2.05) is 13.0 Å². The highest BCUT2D eigenvalue weighted by Gasteiger charge is 2.06. The van der Waals surface area contributed by atoms with Gasteiger partial charge >= 0.3 is 0 Å². The van der Waals surface area contributed by atoms with Crippen molar-refractivity contribution in [2.75, 3.05) is 30.0 Å². The minimum Gasteiger partial charge on any atom is -0.478 e. The molecule has 0 saturated heterocycles. The van der Waals surface area contributed by atoms with E-state index in [1.54, 1.807) is 19.2 Å². The van der Waals surface area contributed by atoms with Crippen molar-refractivity contribution in [2.45, 2.75) is 13.8 Å². The van der Waals surface area contributed by atoms with E-state index in [-0.39, 0.29) is 11.5 Å². The van der Waals surface area contributed by atoms with Crippen LogP contribution in [0.4, 0.5) is 5.69 Å². The lowest BCUT2D eigenvalue weighted by Crippen LogP contribution is -2.17. The van der Waals surface area contributed by atoms with Crippen molar-refractivity contribution >= 4 is 15.5 Å².